The van der Waals surface area contributed by atoms with E-state index in [4.69, 9.17) is 9.79 Å². The first-order chi connectivity index (χ1) is 6.02. The summed E-state index contributed by atoms with van der Waals surface area (Å²) in [7, 11) is -2.18. The second kappa shape index (κ2) is 4.87. The van der Waals surface area contributed by atoms with Gasteiger partial charge >= 0.3 is 13.4 Å². The Labute approximate surface area is 85.1 Å². The molecule has 0 bridgehead atoms. The standard InChI is InChI=1S/C5H13ClNO6P/c1-7(2,3)4-5(13-6(8)9)14(10,11)12/h5H,4H2,1-3H3,(H-,10,11,12)/p+1. The van der Waals surface area contributed by atoms with Gasteiger partial charge in [0.05, 0.1) is 21.1 Å². The molecule has 0 aromatic rings. The molecule has 1 atom stereocenters. The van der Waals surface area contributed by atoms with E-state index < -0.39 is 24.2 Å². The van der Waals surface area contributed by atoms with Gasteiger partial charge in [-0.05, 0) is 0 Å². The van der Waals surface area contributed by atoms with Crippen LogP contribution in [0.1, 0.15) is 0 Å². The minimum absolute atomic E-state index is 0.108. The van der Waals surface area contributed by atoms with E-state index in [0.717, 1.165) is 0 Å². The Kier molecular flexibility index (Phi) is 4.97. The number of halogens is 1. The van der Waals surface area contributed by atoms with Gasteiger partial charge in [-0.1, -0.05) is 0 Å². The molecule has 0 amide bonds. The molecule has 0 saturated heterocycles. The fourth-order valence-electron chi connectivity index (χ4n) is 0.739. The van der Waals surface area contributed by atoms with Gasteiger partial charge in [-0.2, -0.15) is 0 Å². The van der Waals surface area contributed by atoms with Gasteiger partial charge in [0.2, 0.25) is 0 Å². The SMILES string of the molecule is C[N+](C)(C)CC(O[Cl+2]([O-])[O-])P(=O)(O)O. The van der Waals surface area contributed by atoms with E-state index in [0.29, 0.717) is 0 Å². The first kappa shape index (κ1) is 14.3. The number of rotatable bonds is 5. The van der Waals surface area contributed by atoms with Crippen LogP contribution >= 0.6 is 7.60 Å². The van der Waals surface area contributed by atoms with Crippen molar-refractivity contribution in [2.75, 3.05) is 27.7 Å². The fourth-order valence-corrected chi connectivity index (χ4v) is 2.28. The number of hydrogen-bond acceptors (Lipinski definition) is 4. The van der Waals surface area contributed by atoms with Crippen LogP contribution in [0.2, 0.25) is 0 Å². The van der Waals surface area contributed by atoms with Crippen LogP contribution in [0.15, 0.2) is 0 Å². The Morgan fingerprint density at radius 1 is 1.43 bits per heavy atom. The molecule has 14 heavy (non-hydrogen) atoms. The summed E-state index contributed by atoms with van der Waals surface area (Å²) >= 11 is 0. The van der Waals surface area contributed by atoms with E-state index in [1.54, 1.807) is 21.1 Å². The van der Waals surface area contributed by atoms with Crippen LogP contribution in [-0.4, -0.2) is 47.8 Å². The van der Waals surface area contributed by atoms with Crippen LogP contribution < -0.4 is 9.32 Å². The van der Waals surface area contributed by atoms with Gasteiger partial charge in [0, 0.05) is 4.29 Å². The van der Waals surface area contributed by atoms with Gasteiger partial charge in [-0.25, -0.2) is 0 Å². The van der Waals surface area contributed by atoms with E-state index in [1.165, 1.54) is 0 Å². The number of nitrogens with zero attached hydrogens (tertiary/aromatic N) is 1. The third-order valence-electron chi connectivity index (χ3n) is 1.25. The predicted molar refractivity (Wildman–Crippen MR) is 39.8 cm³/mol. The van der Waals surface area contributed by atoms with Gasteiger partial charge in [-0.3, -0.25) is 4.57 Å². The fraction of sp³-hybridized carbons (Fsp3) is 1.00. The second-order valence-corrected chi connectivity index (χ2v) is 6.10. The van der Waals surface area contributed by atoms with Crippen molar-refractivity contribution in [2.24, 2.45) is 0 Å². The van der Waals surface area contributed by atoms with Gasteiger partial charge in [0.15, 0.2) is 0 Å². The molecule has 86 valence electrons. The molecule has 0 radical (unpaired) electrons. The Balaban J connectivity index is 4.51. The summed E-state index contributed by atoms with van der Waals surface area (Å²) in [5, 5.41) is 0. The van der Waals surface area contributed by atoms with Gasteiger partial charge in [0.1, 0.15) is 6.54 Å². The summed E-state index contributed by atoms with van der Waals surface area (Å²) in [4.78, 5) is 17.6. The molecule has 0 aliphatic heterocycles. The average Bonchev–Trinajstić information content (AvgIpc) is 1.78. The summed E-state index contributed by atoms with van der Waals surface area (Å²) in [6.45, 7) is -0.108. The second-order valence-electron chi connectivity index (χ2n) is 3.79. The van der Waals surface area contributed by atoms with E-state index in [1.807, 2.05) is 0 Å². The zero-order chi connectivity index (χ0) is 11.6. The molecule has 0 fully saturated rings. The monoisotopic (exact) mass is 250 g/mol. The highest BCUT2D eigenvalue weighted by Crippen LogP contribution is 2.42. The molecular formula is C5H14ClNO6P+. The zero-order valence-electron chi connectivity index (χ0n) is 8.08. The van der Waals surface area contributed by atoms with E-state index >= 15 is 0 Å². The lowest BCUT2D eigenvalue weighted by Gasteiger charge is -2.26. The highest BCUT2D eigenvalue weighted by Gasteiger charge is 2.43. The Morgan fingerprint density at radius 2 is 1.86 bits per heavy atom. The molecule has 0 aromatic heterocycles. The predicted octanol–water partition coefficient (Wildman–Crippen LogP) is -2.70. The van der Waals surface area contributed by atoms with Crippen LogP contribution in [-0.2, 0) is 8.85 Å². The van der Waals surface area contributed by atoms with Gasteiger partial charge < -0.3 is 23.6 Å². The van der Waals surface area contributed by atoms with Crippen molar-refractivity contribution >= 4 is 7.60 Å². The molecule has 7 nitrogen and oxygen atoms in total. The molecular weight excluding hydrogens is 236 g/mol. The molecule has 0 aliphatic carbocycles. The van der Waals surface area contributed by atoms with Gasteiger partial charge in [-0.15, -0.1) is 0 Å². The molecule has 0 rings (SSSR count). The number of hydrogen-bond donors (Lipinski definition) is 2. The quantitative estimate of drug-likeness (QED) is 0.405. The molecule has 0 heterocycles. The first-order valence-corrected chi connectivity index (χ1v) is 6.21. The summed E-state index contributed by atoms with van der Waals surface area (Å²) in [6, 6.07) is 0. The van der Waals surface area contributed by atoms with E-state index in [-0.39, 0.29) is 11.0 Å². The smallest absolute Gasteiger partial charge is 0.328 e. The average molecular weight is 251 g/mol. The van der Waals surface area contributed by atoms with Crippen molar-refractivity contribution in [2.45, 2.75) is 5.85 Å². The van der Waals surface area contributed by atoms with Crippen molar-refractivity contribution in [1.29, 1.82) is 0 Å². The maximum Gasteiger partial charge on any atom is 0.371 e. The topological polar surface area (TPSA) is 113 Å². The first-order valence-electron chi connectivity index (χ1n) is 3.61. The summed E-state index contributed by atoms with van der Waals surface area (Å²) in [5.41, 5.74) is 0. The Hall–Kier alpha value is 0.280. The van der Waals surface area contributed by atoms with Crippen LogP contribution in [0.25, 0.3) is 0 Å². The zero-order valence-corrected chi connectivity index (χ0v) is 9.73. The van der Waals surface area contributed by atoms with Crippen molar-refractivity contribution in [1.82, 2.24) is 0 Å². The van der Waals surface area contributed by atoms with Crippen LogP contribution in [0.3, 0.4) is 0 Å². The highest BCUT2D eigenvalue weighted by molar-refractivity contribution is 7.52. The molecule has 1 unspecified atom stereocenters. The van der Waals surface area contributed by atoms with E-state index in [9.17, 15) is 13.9 Å². The van der Waals surface area contributed by atoms with E-state index in [2.05, 4.69) is 4.29 Å². The lowest BCUT2D eigenvalue weighted by molar-refractivity contribution is -1.63. The third kappa shape index (κ3) is 6.69. The Morgan fingerprint density at radius 3 is 2.07 bits per heavy atom. The Bertz CT molecular complexity index is 223. The van der Waals surface area contributed by atoms with Crippen LogP contribution in [0.4, 0.5) is 0 Å². The third-order valence-corrected chi connectivity index (χ3v) is 2.76. The molecule has 0 saturated carbocycles. The van der Waals surface area contributed by atoms with Crippen molar-refractivity contribution in [3.05, 3.63) is 0 Å². The van der Waals surface area contributed by atoms with Crippen LogP contribution in [0, 0.1) is 10.8 Å². The van der Waals surface area contributed by atoms with Crippen molar-refractivity contribution in [3.63, 3.8) is 0 Å². The van der Waals surface area contributed by atoms with Crippen molar-refractivity contribution < 1.29 is 43.2 Å². The number of quaternary nitrogens is 1. The number of likely N-dealkylation sites (N-methyl/N-ethyl adjacent to an activating group) is 1. The molecule has 9 heteroatoms. The minimum Gasteiger partial charge on any atom is -0.328 e. The molecule has 0 aliphatic rings. The minimum atomic E-state index is -4.57. The van der Waals surface area contributed by atoms with Crippen LogP contribution in [0.5, 0.6) is 0 Å². The summed E-state index contributed by atoms with van der Waals surface area (Å²) in [6.07, 6.45) is 0. The molecule has 0 spiro atoms. The maximum atomic E-state index is 10.8. The lowest BCUT2D eigenvalue weighted by Crippen LogP contribution is -2.46. The lowest BCUT2D eigenvalue weighted by atomic mass is 10.5. The van der Waals surface area contributed by atoms with Gasteiger partial charge in [0.25, 0.3) is 10.8 Å². The maximum absolute atomic E-state index is 10.8. The largest absolute Gasteiger partial charge is 0.371 e. The highest BCUT2D eigenvalue weighted by atomic mass is 35.6. The molecule has 0 aromatic carbocycles. The summed E-state index contributed by atoms with van der Waals surface area (Å²) < 4.78 is 35.4. The van der Waals surface area contributed by atoms with Crippen molar-refractivity contribution in [3.8, 4) is 0 Å². The molecule has 2 N–H and O–H groups in total. The normalized spacial score (nSPS) is 16.0. The summed E-state index contributed by atoms with van der Waals surface area (Å²) in [5.74, 6) is -1.64.